The van der Waals surface area contributed by atoms with E-state index in [4.69, 9.17) is 0 Å². The van der Waals surface area contributed by atoms with E-state index in [-0.39, 0.29) is 11.7 Å². The third kappa shape index (κ3) is 4.15. The van der Waals surface area contributed by atoms with Crippen molar-refractivity contribution in [2.45, 2.75) is 19.3 Å². The second-order valence-corrected chi connectivity index (χ2v) is 5.71. The van der Waals surface area contributed by atoms with E-state index in [1.54, 1.807) is 12.1 Å². The first kappa shape index (κ1) is 15.2. The molecule has 106 valence electrons. The lowest BCUT2D eigenvalue weighted by molar-refractivity contribution is 0.582. The van der Waals surface area contributed by atoms with Crippen molar-refractivity contribution in [2.75, 3.05) is 13.1 Å². The van der Waals surface area contributed by atoms with Gasteiger partial charge in [0, 0.05) is 16.9 Å². The number of halogens is 2. The molecule has 1 atom stereocenters. The predicted octanol–water partition coefficient (Wildman–Crippen LogP) is 4.52. The van der Waals surface area contributed by atoms with Crippen molar-refractivity contribution < 1.29 is 4.39 Å². The summed E-state index contributed by atoms with van der Waals surface area (Å²) < 4.78 is 14.5. The van der Waals surface area contributed by atoms with E-state index in [9.17, 15) is 4.39 Å². The molecule has 0 fully saturated rings. The molecule has 2 aromatic carbocycles. The van der Waals surface area contributed by atoms with Crippen LogP contribution >= 0.6 is 15.9 Å². The number of hydrogen-bond acceptors (Lipinski definition) is 1. The zero-order valence-electron chi connectivity index (χ0n) is 11.6. The summed E-state index contributed by atoms with van der Waals surface area (Å²) in [5.74, 6) is 0.0977. The minimum atomic E-state index is -0.170. The van der Waals surface area contributed by atoms with Gasteiger partial charge in [-0.1, -0.05) is 53.2 Å². The average Bonchev–Trinajstić information content (AvgIpc) is 2.45. The molecular weight excluding hydrogens is 317 g/mol. The number of likely N-dealkylation sites (N-methyl/N-ethyl adjacent to an activating group) is 1. The van der Waals surface area contributed by atoms with Crippen LogP contribution in [0.4, 0.5) is 4.39 Å². The highest BCUT2D eigenvalue weighted by Crippen LogP contribution is 2.25. The van der Waals surface area contributed by atoms with Crippen LogP contribution in [0, 0.1) is 5.82 Å². The van der Waals surface area contributed by atoms with Crippen LogP contribution in [-0.4, -0.2) is 13.1 Å². The Balaban J connectivity index is 2.21. The fourth-order valence-electron chi connectivity index (χ4n) is 2.32. The summed E-state index contributed by atoms with van der Waals surface area (Å²) in [6.07, 6.45) is 0.887. The highest BCUT2D eigenvalue weighted by atomic mass is 79.9. The fraction of sp³-hybridized carbons (Fsp3) is 0.294. The monoisotopic (exact) mass is 335 g/mol. The van der Waals surface area contributed by atoms with E-state index in [1.807, 2.05) is 24.3 Å². The highest BCUT2D eigenvalue weighted by molar-refractivity contribution is 9.10. The van der Waals surface area contributed by atoms with Gasteiger partial charge in [-0.25, -0.2) is 4.39 Å². The van der Waals surface area contributed by atoms with Crippen molar-refractivity contribution in [1.29, 1.82) is 0 Å². The minimum Gasteiger partial charge on any atom is -0.316 e. The van der Waals surface area contributed by atoms with Crippen molar-refractivity contribution in [3.63, 3.8) is 0 Å². The molecule has 1 nitrogen and oxygen atoms in total. The van der Waals surface area contributed by atoms with Gasteiger partial charge in [-0.15, -0.1) is 0 Å². The second kappa shape index (κ2) is 7.55. The van der Waals surface area contributed by atoms with Crippen LogP contribution in [0.3, 0.4) is 0 Å². The van der Waals surface area contributed by atoms with E-state index >= 15 is 0 Å². The Bertz CT molecular complexity index is 556. The van der Waals surface area contributed by atoms with Gasteiger partial charge < -0.3 is 5.32 Å². The summed E-state index contributed by atoms with van der Waals surface area (Å²) in [5.41, 5.74) is 2.29. The first-order valence-electron chi connectivity index (χ1n) is 6.90. The van der Waals surface area contributed by atoms with Crippen LogP contribution < -0.4 is 5.32 Å². The van der Waals surface area contributed by atoms with Crippen molar-refractivity contribution in [3.05, 3.63) is 69.9 Å². The van der Waals surface area contributed by atoms with Gasteiger partial charge in [0.05, 0.1) is 0 Å². The van der Waals surface area contributed by atoms with Gasteiger partial charge in [-0.2, -0.15) is 0 Å². The zero-order chi connectivity index (χ0) is 14.4. The van der Waals surface area contributed by atoms with E-state index in [0.29, 0.717) is 0 Å². The Morgan fingerprint density at radius 2 is 1.95 bits per heavy atom. The maximum absolute atomic E-state index is 13.4. The Morgan fingerprint density at radius 3 is 2.65 bits per heavy atom. The topological polar surface area (TPSA) is 12.0 Å². The van der Waals surface area contributed by atoms with Crippen LogP contribution in [0.2, 0.25) is 0 Å². The average molecular weight is 336 g/mol. The van der Waals surface area contributed by atoms with Gasteiger partial charge in [-0.3, -0.25) is 0 Å². The molecule has 0 saturated heterocycles. The number of rotatable bonds is 6. The standard InChI is InChI=1S/C17H19BrFN/c1-2-20-12-15(13-7-5-8-16(19)11-13)10-14-6-3-4-9-17(14)18/h3-9,11,15,20H,2,10,12H2,1H3. The lowest BCUT2D eigenvalue weighted by Crippen LogP contribution is -2.22. The molecule has 0 radical (unpaired) electrons. The molecule has 2 rings (SSSR count). The molecular formula is C17H19BrFN. The van der Waals surface area contributed by atoms with E-state index < -0.39 is 0 Å². The van der Waals surface area contributed by atoms with Gasteiger partial charge >= 0.3 is 0 Å². The summed E-state index contributed by atoms with van der Waals surface area (Å²) in [7, 11) is 0. The van der Waals surface area contributed by atoms with E-state index in [2.05, 4.69) is 34.2 Å². The number of nitrogens with one attached hydrogen (secondary N) is 1. The summed E-state index contributed by atoms with van der Waals surface area (Å²) in [6.45, 7) is 3.85. The molecule has 1 N–H and O–H groups in total. The Labute approximate surface area is 128 Å². The van der Waals surface area contributed by atoms with Gasteiger partial charge in [0.25, 0.3) is 0 Å². The van der Waals surface area contributed by atoms with Crippen LogP contribution in [0.25, 0.3) is 0 Å². The van der Waals surface area contributed by atoms with Gasteiger partial charge in [0.2, 0.25) is 0 Å². The van der Waals surface area contributed by atoms with Crippen LogP contribution in [0.5, 0.6) is 0 Å². The lowest BCUT2D eigenvalue weighted by Gasteiger charge is -2.19. The quantitative estimate of drug-likeness (QED) is 0.818. The first-order valence-corrected chi connectivity index (χ1v) is 7.69. The SMILES string of the molecule is CCNCC(Cc1ccccc1Br)c1cccc(F)c1. The summed E-state index contributed by atoms with van der Waals surface area (Å²) >= 11 is 3.59. The molecule has 0 amide bonds. The Hall–Kier alpha value is -1.19. The third-order valence-corrected chi connectivity index (χ3v) is 4.16. The smallest absolute Gasteiger partial charge is 0.123 e. The highest BCUT2D eigenvalue weighted by Gasteiger charge is 2.14. The van der Waals surface area contributed by atoms with Crippen LogP contribution in [0.1, 0.15) is 24.0 Å². The van der Waals surface area contributed by atoms with E-state index in [0.717, 1.165) is 29.5 Å². The largest absolute Gasteiger partial charge is 0.316 e. The molecule has 0 spiro atoms. The van der Waals surface area contributed by atoms with Gasteiger partial charge in [0.15, 0.2) is 0 Å². The summed E-state index contributed by atoms with van der Waals surface area (Å²) in [6, 6.07) is 15.1. The molecule has 0 saturated carbocycles. The van der Waals surface area contributed by atoms with Crippen molar-refractivity contribution in [2.24, 2.45) is 0 Å². The molecule has 0 aliphatic rings. The normalized spacial score (nSPS) is 12.3. The molecule has 20 heavy (non-hydrogen) atoms. The molecule has 0 heterocycles. The van der Waals surface area contributed by atoms with E-state index in [1.165, 1.54) is 11.6 Å². The fourth-order valence-corrected chi connectivity index (χ4v) is 2.76. The van der Waals surface area contributed by atoms with Crippen molar-refractivity contribution >= 4 is 15.9 Å². The van der Waals surface area contributed by atoms with Crippen molar-refractivity contribution in [3.8, 4) is 0 Å². The Kier molecular flexibility index (Phi) is 5.74. The molecule has 0 bridgehead atoms. The molecule has 1 unspecified atom stereocenters. The predicted molar refractivity (Wildman–Crippen MR) is 85.5 cm³/mol. The molecule has 3 heteroatoms. The van der Waals surface area contributed by atoms with Crippen LogP contribution in [-0.2, 0) is 6.42 Å². The molecule has 0 aliphatic carbocycles. The maximum atomic E-state index is 13.4. The number of benzene rings is 2. The second-order valence-electron chi connectivity index (χ2n) is 4.86. The Morgan fingerprint density at radius 1 is 1.15 bits per heavy atom. The summed E-state index contributed by atoms with van der Waals surface area (Å²) in [5, 5.41) is 3.37. The third-order valence-electron chi connectivity index (χ3n) is 3.38. The minimum absolute atomic E-state index is 0.170. The van der Waals surface area contributed by atoms with Gasteiger partial charge in [0.1, 0.15) is 5.82 Å². The molecule has 0 aromatic heterocycles. The maximum Gasteiger partial charge on any atom is 0.123 e. The van der Waals surface area contributed by atoms with Crippen molar-refractivity contribution in [1.82, 2.24) is 5.32 Å². The summed E-state index contributed by atoms with van der Waals surface area (Å²) in [4.78, 5) is 0. The number of hydrogen-bond donors (Lipinski definition) is 1. The lowest BCUT2D eigenvalue weighted by atomic mass is 9.92. The molecule has 0 aliphatic heterocycles. The zero-order valence-corrected chi connectivity index (χ0v) is 13.2. The first-order chi connectivity index (χ1) is 9.70. The van der Waals surface area contributed by atoms with Crippen LogP contribution in [0.15, 0.2) is 53.0 Å². The molecule has 2 aromatic rings. The van der Waals surface area contributed by atoms with Gasteiger partial charge in [-0.05, 0) is 42.3 Å².